The summed E-state index contributed by atoms with van der Waals surface area (Å²) >= 11 is 1.45. The number of nitrogens with zero attached hydrogens (tertiary/aromatic N) is 1. The van der Waals surface area contributed by atoms with E-state index in [4.69, 9.17) is 0 Å². The van der Waals surface area contributed by atoms with Crippen LogP contribution in [-0.2, 0) is 17.8 Å². The van der Waals surface area contributed by atoms with Gasteiger partial charge in [-0.3, -0.25) is 9.59 Å². The number of hydrogen-bond donors (Lipinski definition) is 3. The number of aromatic nitrogens is 1. The highest BCUT2D eigenvalue weighted by molar-refractivity contribution is 7.09. The fraction of sp³-hybridized carbons (Fsp3) is 0.312. The van der Waals surface area contributed by atoms with Crippen molar-refractivity contribution in [2.45, 2.75) is 19.9 Å². The minimum Gasteiger partial charge on any atom is -0.379 e. The summed E-state index contributed by atoms with van der Waals surface area (Å²) in [4.78, 5) is 27.7. The first-order valence-electron chi connectivity index (χ1n) is 7.24. The molecule has 0 spiro atoms. The van der Waals surface area contributed by atoms with Crippen molar-refractivity contribution >= 4 is 28.8 Å². The average molecular weight is 332 g/mol. The summed E-state index contributed by atoms with van der Waals surface area (Å²) < 4.78 is 0. The van der Waals surface area contributed by atoms with Crippen molar-refractivity contribution in [2.75, 3.05) is 19.4 Å². The third-order valence-corrected chi connectivity index (χ3v) is 4.19. The SMILES string of the molecule is CNC(=O)Cc1nc(CNc2ccc(C)cc2C(=O)NC)cs1. The third-order valence-electron chi connectivity index (χ3n) is 3.30. The molecule has 122 valence electrons. The van der Waals surface area contributed by atoms with Crippen LogP contribution < -0.4 is 16.0 Å². The monoisotopic (exact) mass is 332 g/mol. The van der Waals surface area contributed by atoms with Gasteiger partial charge in [0.2, 0.25) is 5.91 Å². The minimum atomic E-state index is -0.130. The Morgan fingerprint density at radius 3 is 2.70 bits per heavy atom. The summed E-state index contributed by atoms with van der Waals surface area (Å²) in [6.07, 6.45) is 0.287. The van der Waals surface area contributed by atoms with Crippen molar-refractivity contribution in [3.05, 3.63) is 45.4 Å². The first kappa shape index (κ1) is 17.0. The van der Waals surface area contributed by atoms with Gasteiger partial charge >= 0.3 is 0 Å². The summed E-state index contributed by atoms with van der Waals surface area (Å²) in [6, 6.07) is 5.68. The van der Waals surface area contributed by atoms with E-state index in [1.54, 1.807) is 14.1 Å². The van der Waals surface area contributed by atoms with Gasteiger partial charge in [-0.15, -0.1) is 11.3 Å². The Hall–Kier alpha value is -2.41. The second kappa shape index (κ2) is 7.73. The van der Waals surface area contributed by atoms with E-state index >= 15 is 0 Å². The predicted octanol–water partition coefficient (Wildman–Crippen LogP) is 1.71. The molecule has 0 saturated carbocycles. The normalized spacial score (nSPS) is 10.2. The summed E-state index contributed by atoms with van der Waals surface area (Å²) in [5.41, 5.74) is 3.23. The summed E-state index contributed by atoms with van der Waals surface area (Å²) in [5.74, 6) is -0.186. The molecule has 7 heteroatoms. The van der Waals surface area contributed by atoms with Crippen molar-refractivity contribution in [3.63, 3.8) is 0 Å². The summed E-state index contributed by atoms with van der Waals surface area (Å²) in [5, 5.41) is 11.1. The van der Waals surface area contributed by atoms with Crippen molar-refractivity contribution in [1.82, 2.24) is 15.6 Å². The molecule has 1 aromatic heterocycles. The number of likely N-dealkylation sites (N-methyl/N-ethyl adjacent to an activating group) is 1. The maximum absolute atomic E-state index is 11.9. The van der Waals surface area contributed by atoms with Crippen LogP contribution in [0.1, 0.15) is 26.6 Å². The maximum atomic E-state index is 11.9. The number of thiazole rings is 1. The fourth-order valence-corrected chi connectivity index (χ4v) is 2.85. The molecule has 2 rings (SSSR count). The highest BCUT2D eigenvalue weighted by Gasteiger charge is 2.11. The van der Waals surface area contributed by atoms with Crippen LogP contribution >= 0.6 is 11.3 Å². The van der Waals surface area contributed by atoms with E-state index < -0.39 is 0 Å². The molecule has 1 aromatic carbocycles. The molecule has 0 bridgehead atoms. The highest BCUT2D eigenvalue weighted by Crippen LogP contribution is 2.19. The molecule has 0 aliphatic carbocycles. The van der Waals surface area contributed by atoms with Crippen LogP contribution in [0.4, 0.5) is 5.69 Å². The van der Waals surface area contributed by atoms with E-state index in [-0.39, 0.29) is 18.2 Å². The predicted molar refractivity (Wildman–Crippen MR) is 91.8 cm³/mol. The van der Waals surface area contributed by atoms with Crippen LogP contribution in [-0.4, -0.2) is 30.9 Å². The molecule has 1 heterocycles. The molecule has 2 aromatic rings. The minimum absolute atomic E-state index is 0.0562. The Morgan fingerprint density at radius 2 is 2.00 bits per heavy atom. The number of carbonyl (C=O) groups is 2. The van der Waals surface area contributed by atoms with Gasteiger partial charge in [-0.1, -0.05) is 11.6 Å². The quantitative estimate of drug-likeness (QED) is 0.752. The zero-order chi connectivity index (χ0) is 16.8. The molecule has 3 N–H and O–H groups in total. The van der Waals surface area contributed by atoms with Gasteiger partial charge < -0.3 is 16.0 Å². The Bertz CT molecular complexity index is 712. The standard InChI is InChI=1S/C16H20N4O2S/c1-10-4-5-13(12(6-10)16(22)18-3)19-8-11-9-23-15(20-11)7-14(21)17-2/h4-6,9,19H,7-8H2,1-3H3,(H,17,21)(H,18,22). The largest absolute Gasteiger partial charge is 0.379 e. The van der Waals surface area contributed by atoms with Crippen LogP contribution in [0.25, 0.3) is 0 Å². The Balaban J connectivity index is 2.06. The van der Waals surface area contributed by atoms with E-state index in [0.29, 0.717) is 12.1 Å². The van der Waals surface area contributed by atoms with E-state index in [1.165, 1.54) is 11.3 Å². The van der Waals surface area contributed by atoms with Crippen LogP contribution in [0, 0.1) is 6.92 Å². The number of amides is 2. The lowest BCUT2D eigenvalue weighted by Gasteiger charge is -2.11. The number of hydrogen-bond acceptors (Lipinski definition) is 5. The van der Waals surface area contributed by atoms with Crippen molar-refractivity contribution < 1.29 is 9.59 Å². The molecule has 0 saturated heterocycles. The first-order chi connectivity index (χ1) is 11.0. The molecule has 23 heavy (non-hydrogen) atoms. The molecular weight excluding hydrogens is 312 g/mol. The van der Waals surface area contributed by atoms with Gasteiger partial charge in [-0.2, -0.15) is 0 Å². The number of carbonyl (C=O) groups excluding carboxylic acids is 2. The van der Waals surface area contributed by atoms with Crippen molar-refractivity contribution in [3.8, 4) is 0 Å². The van der Waals surface area contributed by atoms with Gasteiger partial charge in [-0.05, 0) is 19.1 Å². The van der Waals surface area contributed by atoms with Gasteiger partial charge in [0, 0.05) is 25.2 Å². The van der Waals surface area contributed by atoms with Gasteiger partial charge in [-0.25, -0.2) is 4.98 Å². The molecule has 0 atom stereocenters. The Kier molecular flexibility index (Phi) is 5.70. The Morgan fingerprint density at radius 1 is 1.22 bits per heavy atom. The topological polar surface area (TPSA) is 83.1 Å². The number of aryl methyl sites for hydroxylation is 1. The number of anilines is 1. The van der Waals surface area contributed by atoms with Crippen LogP contribution in [0.3, 0.4) is 0 Å². The first-order valence-corrected chi connectivity index (χ1v) is 8.12. The molecule has 0 aliphatic heterocycles. The second-order valence-electron chi connectivity index (χ2n) is 5.06. The summed E-state index contributed by atoms with van der Waals surface area (Å²) in [6.45, 7) is 2.44. The van der Waals surface area contributed by atoms with Crippen LogP contribution in [0.15, 0.2) is 23.6 Å². The Labute approximate surface area is 139 Å². The lowest BCUT2D eigenvalue weighted by Crippen LogP contribution is -2.20. The molecular formula is C16H20N4O2S. The lowest BCUT2D eigenvalue weighted by molar-refractivity contribution is -0.119. The van der Waals surface area contributed by atoms with Crippen molar-refractivity contribution in [2.24, 2.45) is 0 Å². The number of rotatable bonds is 6. The second-order valence-corrected chi connectivity index (χ2v) is 6.01. The smallest absolute Gasteiger partial charge is 0.253 e. The van der Waals surface area contributed by atoms with E-state index in [2.05, 4.69) is 20.9 Å². The molecule has 0 unspecified atom stereocenters. The van der Waals surface area contributed by atoms with Gasteiger partial charge in [0.25, 0.3) is 5.91 Å². The molecule has 0 fully saturated rings. The van der Waals surface area contributed by atoms with Crippen LogP contribution in [0.5, 0.6) is 0 Å². The van der Waals surface area contributed by atoms with Gasteiger partial charge in [0.1, 0.15) is 5.01 Å². The van der Waals surface area contributed by atoms with E-state index in [1.807, 2.05) is 30.5 Å². The van der Waals surface area contributed by atoms with Gasteiger partial charge in [0.15, 0.2) is 0 Å². The zero-order valence-electron chi connectivity index (χ0n) is 13.4. The third kappa shape index (κ3) is 4.53. The molecule has 0 aliphatic rings. The maximum Gasteiger partial charge on any atom is 0.253 e. The van der Waals surface area contributed by atoms with Crippen LogP contribution in [0.2, 0.25) is 0 Å². The lowest BCUT2D eigenvalue weighted by atomic mass is 10.1. The average Bonchev–Trinajstić information content (AvgIpc) is 3.00. The van der Waals surface area contributed by atoms with Gasteiger partial charge in [0.05, 0.1) is 24.2 Å². The van der Waals surface area contributed by atoms with E-state index in [9.17, 15) is 9.59 Å². The fourth-order valence-electron chi connectivity index (χ4n) is 2.06. The highest BCUT2D eigenvalue weighted by atomic mass is 32.1. The van der Waals surface area contributed by atoms with Crippen molar-refractivity contribution in [1.29, 1.82) is 0 Å². The molecule has 0 radical (unpaired) electrons. The zero-order valence-corrected chi connectivity index (χ0v) is 14.2. The number of nitrogens with one attached hydrogen (secondary N) is 3. The van der Waals surface area contributed by atoms with E-state index in [0.717, 1.165) is 22.0 Å². The summed E-state index contributed by atoms with van der Waals surface area (Å²) in [7, 11) is 3.22. The molecule has 6 nitrogen and oxygen atoms in total. The number of benzene rings is 1. The molecule has 2 amide bonds.